The molecule has 0 saturated carbocycles. The molecule has 2 rings (SSSR count). The number of benzene rings is 2. The van der Waals surface area contributed by atoms with Crippen molar-refractivity contribution in [1.82, 2.24) is 5.32 Å². The van der Waals surface area contributed by atoms with Crippen LogP contribution in [0.15, 0.2) is 53.4 Å². The highest BCUT2D eigenvalue weighted by Gasteiger charge is 2.08. The summed E-state index contributed by atoms with van der Waals surface area (Å²) >= 11 is 0. The molecule has 3 N–H and O–H groups in total. The molecule has 0 unspecified atom stereocenters. The van der Waals surface area contributed by atoms with Gasteiger partial charge in [0.1, 0.15) is 0 Å². The van der Waals surface area contributed by atoms with Crippen LogP contribution in [0.4, 0.5) is 10.5 Å². The Morgan fingerprint density at radius 3 is 2.21 bits per heavy atom. The Morgan fingerprint density at radius 1 is 1.04 bits per heavy atom. The van der Waals surface area contributed by atoms with Gasteiger partial charge in [-0.2, -0.15) is 0 Å². The molecule has 2 aromatic rings. The van der Waals surface area contributed by atoms with Crippen molar-refractivity contribution < 1.29 is 22.9 Å². The average molecular weight is 407 g/mol. The van der Waals surface area contributed by atoms with E-state index in [1.807, 2.05) is 0 Å². The third-order valence-electron chi connectivity index (χ3n) is 3.93. The molecule has 0 atom stereocenters. The molecule has 150 valence electrons. The number of carbonyl (C=O) groups excluding carboxylic acids is 1. The van der Waals surface area contributed by atoms with Gasteiger partial charge in [-0.05, 0) is 42.5 Å². The lowest BCUT2D eigenvalue weighted by Crippen LogP contribution is -2.24. The van der Waals surface area contributed by atoms with Crippen molar-refractivity contribution in [1.29, 1.82) is 0 Å². The lowest BCUT2D eigenvalue weighted by Gasteiger charge is -2.08. The molecule has 0 bridgehead atoms. The molecule has 0 aromatic heterocycles. The molecule has 2 aromatic carbocycles. The second-order valence-electron chi connectivity index (χ2n) is 6.06. The molecule has 0 aliphatic heterocycles. The number of aryl methyl sites for hydroxylation is 1. The monoisotopic (exact) mass is 407 g/mol. The van der Waals surface area contributed by atoms with Crippen LogP contribution < -0.4 is 10.5 Å². The van der Waals surface area contributed by atoms with E-state index in [2.05, 4.69) is 5.32 Å². The predicted octanol–water partition coefficient (Wildman–Crippen LogP) is 2.49. The van der Waals surface area contributed by atoms with E-state index in [-0.39, 0.29) is 23.7 Å². The first kappa shape index (κ1) is 21.3. The number of nitro groups is 1. The van der Waals surface area contributed by atoms with E-state index >= 15 is 0 Å². The zero-order valence-corrected chi connectivity index (χ0v) is 15.9. The van der Waals surface area contributed by atoms with E-state index in [9.17, 15) is 23.3 Å². The van der Waals surface area contributed by atoms with Crippen LogP contribution in [-0.2, 0) is 27.7 Å². The van der Waals surface area contributed by atoms with Crippen molar-refractivity contribution in [3.63, 3.8) is 0 Å². The van der Waals surface area contributed by atoms with Crippen molar-refractivity contribution in [2.24, 2.45) is 5.14 Å². The molecule has 9 nitrogen and oxygen atoms in total. The minimum atomic E-state index is -3.74. The molecule has 0 saturated heterocycles. The predicted molar refractivity (Wildman–Crippen MR) is 102 cm³/mol. The first-order chi connectivity index (χ1) is 13.3. The van der Waals surface area contributed by atoms with E-state index in [4.69, 9.17) is 9.88 Å². The molecule has 28 heavy (non-hydrogen) atoms. The van der Waals surface area contributed by atoms with Gasteiger partial charge in [-0.15, -0.1) is 0 Å². The Kier molecular flexibility index (Phi) is 7.47. The number of primary sulfonamides is 1. The Hall–Kier alpha value is -2.98. The van der Waals surface area contributed by atoms with E-state index < -0.39 is 21.0 Å². The van der Waals surface area contributed by atoms with Gasteiger partial charge in [0, 0.05) is 18.7 Å². The highest BCUT2D eigenvalue weighted by molar-refractivity contribution is 7.89. The second-order valence-corrected chi connectivity index (χ2v) is 7.62. The van der Waals surface area contributed by atoms with Crippen molar-refractivity contribution in [3.8, 4) is 0 Å². The maximum atomic E-state index is 11.7. The summed E-state index contributed by atoms with van der Waals surface area (Å²) in [5.41, 5.74) is 1.75. The highest BCUT2D eigenvalue weighted by Crippen LogP contribution is 2.13. The number of alkyl carbamates (subject to hydrolysis) is 1. The molecule has 0 heterocycles. The normalized spacial score (nSPS) is 11.0. The van der Waals surface area contributed by atoms with Gasteiger partial charge in [-0.25, -0.2) is 18.4 Å². The van der Waals surface area contributed by atoms with Gasteiger partial charge in [-0.1, -0.05) is 24.3 Å². The number of unbranched alkanes of at least 4 members (excludes halogenated alkanes) is 1. The first-order valence-corrected chi connectivity index (χ1v) is 10.1. The largest absolute Gasteiger partial charge is 0.450 e. The molecule has 0 aliphatic rings. The molecule has 1 amide bonds. The lowest BCUT2D eigenvalue weighted by atomic mass is 10.1. The van der Waals surface area contributed by atoms with Crippen molar-refractivity contribution in [2.45, 2.75) is 30.7 Å². The Balaban J connectivity index is 1.63. The zero-order valence-electron chi connectivity index (χ0n) is 15.0. The Bertz CT molecular complexity index is 911. The van der Waals surface area contributed by atoms with Gasteiger partial charge < -0.3 is 10.1 Å². The summed E-state index contributed by atoms with van der Waals surface area (Å²) in [6.07, 6.45) is 1.61. The summed E-state index contributed by atoms with van der Waals surface area (Å²) in [4.78, 5) is 21.8. The number of hydrogen-bond donors (Lipinski definition) is 2. The summed E-state index contributed by atoms with van der Waals surface area (Å²) in [5, 5.41) is 18.2. The van der Waals surface area contributed by atoms with Gasteiger partial charge in [0.05, 0.1) is 16.4 Å². The number of ether oxygens (including phenoxy) is 1. The van der Waals surface area contributed by atoms with E-state index in [0.717, 1.165) is 18.4 Å². The summed E-state index contributed by atoms with van der Waals surface area (Å²) in [6, 6.07) is 12.2. The number of hydrogen-bond acceptors (Lipinski definition) is 6. The molecule has 10 heteroatoms. The standard InChI is InChI=1S/C18H21N3O6S/c19-28(25,26)17-10-6-15(7-11-17)13-20-18(22)27-12-2-1-3-14-4-8-16(9-5-14)21(23)24/h4-11H,1-3,12-13H2,(H,20,22)(H2,19,25,26). The minimum Gasteiger partial charge on any atom is -0.450 e. The number of nitrogens with one attached hydrogen (secondary N) is 1. The topological polar surface area (TPSA) is 142 Å². The number of amides is 1. The molecule has 0 radical (unpaired) electrons. The van der Waals surface area contributed by atoms with Crippen LogP contribution in [0.25, 0.3) is 0 Å². The summed E-state index contributed by atoms with van der Waals surface area (Å²) < 4.78 is 27.4. The quantitative estimate of drug-likeness (QED) is 0.371. The fourth-order valence-corrected chi connectivity index (χ4v) is 2.92. The van der Waals surface area contributed by atoms with Crippen LogP contribution >= 0.6 is 0 Å². The van der Waals surface area contributed by atoms with Gasteiger partial charge >= 0.3 is 6.09 Å². The van der Waals surface area contributed by atoms with Gasteiger partial charge in [-0.3, -0.25) is 10.1 Å². The Morgan fingerprint density at radius 2 is 1.64 bits per heavy atom. The average Bonchev–Trinajstić information content (AvgIpc) is 2.66. The van der Waals surface area contributed by atoms with E-state index in [1.165, 1.54) is 24.3 Å². The number of rotatable bonds is 9. The summed E-state index contributed by atoms with van der Waals surface area (Å²) in [5.74, 6) is 0. The van der Waals surface area contributed by atoms with Crippen molar-refractivity contribution in [3.05, 3.63) is 69.8 Å². The third-order valence-corrected chi connectivity index (χ3v) is 4.86. The van der Waals surface area contributed by atoms with Crippen LogP contribution in [0.1, 0.15) is 24.0 Å². The fourth-order valence-electron chi connectivity index (χ4n) is 2.40. The molecule has 0 spiro atoms. The van der Waals surface area contributed by atoms with Crippen molar-refractivity contribution in [2.75, 3.05) is 6.61 Å². The smallest absolute Gasteiger partial charge is 0.407 e. The fraction of sp³-hybridized carbons (Fsp3) is 0.278. The van der Waals surface area contributed by atoms with E-state index in [1.54, 1.807) is 24.3 Å². The number of sulfonamides is 1. The van der Waals surface area contributed by atoms with Gasteiger partial charge in [0.15, 0.2) is 0 Å². The maximum Gasteiger partial charge on any atom is 0.407 e. The van der Waals surface area contributed by atoms with E-state index in [0.29, 0.717) is 12.0 Å². The number of nitrogens with two attached hydrogens (primary N) is 1. The van der Waals surface area contributed by atoms with Crippen LogP contribution in [0, 0.1) is 10.1 Å². The lowest BCUT2D eigenvalue weighted by molar-refractivity contribution is -0.384. The number of carbonyl (C=O) groups is 1. The van der Waals surface area contributed by atoms with Crippen LogP contribution in [0.5, 0.6) is 0 Å². The molecule has 0 aliphatic carbocycles. The van der Waals surface area contributed by atoms with Crippen LogP contribution in [0.3, 0.4) is 0 Å². The van der Waals surface area contributed by atoms with Gasteiger partial charge in [0.25, 0.3) is 5.69 Å². The van der Waals surface area contributed by atoms with Crippen LogP contribution in [-0.4, -0.2) is 26.0 Å². The molecular formula is C18H21N3O6S. The summed E-state index contributed by atoms with van der Waals surface area (Å²) in [6.45, 7) is 0.454. The summed E-state index contributed by atoms with van der Waals surface area (Å²) in [7, 11) is -3.74. The van der Waals surface area contributed by atoms with Crippen LogP contribution in [0.2, 0.25) is 0 Å². The molecule has 0 fully saturated rings. The Labute approximate surface area is 162 Å². The zero-order chi connectivity index (χ0) is 20.6. The first-order valence-electron chi connectivity index (χ1n) is 8.51. The van der Waals surface area contributed by atoms with Gasteiger partial charge in [0.2, 0.25) is 10.0 Å². The highest BCUT2D eigenvalue weighted by atomic mass is 32.2. The number of non-ortho nitro benzene ring substituents is 1. The number of nitro benzene ring substituents is 1. The van der Waals surface area contributed by atoms with Crippen molar-refractivity contribution >= 4 is 21.8 Å². The maximum absolute atomic E-state index is 11.7. The third kappa shape index (κ3) is 6.97. The number of nitrogens with zero attached hydrogens (tertiary/aromatic N) is 1. The minimum absolute atomic E-state index is 0.00634. The SMILES string of the molecule is NS(=O)(=O)c1ccc(CNC(=O)OCCCCc2ccc([N+](=O)[O-])cc2)cc1. The second kappa shape index (κ2) is 9.81. The molecular weight excluding hydrogens is 386 g/mol.